The van der Waals surface area contributed by atoms with Gasteiger partial charge in [-0.25, -0.2) is 0 Å². The Morgan fingerprint density at radius 1 is 1.33 bits per heavy atom. The van der Waals surface area contributed by atoms with Crippen molar-refractivity contribution >= 4 is 16.5 Å². The lowest BCUT2D eigenvalue weighted by molar-refractivity contribution is 0.771. The standard InChI is InChI=1S/C4H10P2/c1-4-2-5-6-3-4/h4-6H,2-3H2,1H3. The van der Waals surface area contributed by atoms with Gasteiger partial charge in [0.05, 0.1) is 0 Å². The Hall–Kier alpha value is 0.860. The van der Waals surface area contributed by atoms with Crippen molar-refractivity contribution in [1.82, 2.24) is 0 Å². The van der Waals surface area contributed by atoms with E-state index in [4.69, 9.17) is 0 Å². The van der Waals surface area contributed by atoms with Crippen molar-refractivity contribution in [2.45, 2.75) is 6.92 Å². The van der Waals surface area contributed by atoms with Crippen LogP contribution in [0.3, 0.4) is 0 Å². The minimum atomic E-state index is 1.07. The van der Waals surface area contributed by atoms with Gasteiger partial charge in [-0.05, 0) is 18.2 Å². The van der Waals surface area contributed by atoms with E-state index in [0.29, 0.717) is 0 Å². The molecule has 1 rings (SSSR count). The van der Waals surface area contributed by atoms with E-state index in [0.717, 1.165) is 5.92 Å². The first-order chi connectivity index (χ1) is 2.89. The van der Waals surface area contributed by atoms with E-state index in [1.54, 1.807) is 0 Å². The number of hydrogen-bond acceptors (Lipinski definition) is 0. The Balaban J connectivity index is 2.18. The normalized spacial score (nSPS) is 42.5. The summed E-state index contributed by atoms with van der Waals surface area (Å²) in [4.78, 5) is 0. The van der Waals surface area contributed by atoms with E-state index in [-0.39, 0.29) is 0 Å². The average molecular weight is 120 g/mol. The Morgan fingerprint density at radius 2 is 1.83 bits per heavy atom. The van der Waals surface area contributed by atoms with Gasteiger partial charge in [-0.1, -0.05) is 23.5 Å². The molecule has 0 aromatic rings. The van der Waals surface area contributed by atoms with Crippen LogP contribution in [0.2, 0.25) is 0 Å². The van der Waals surface area contributed by atoms with Crippen LogP contribution in [0.25, 0.3) is 0 Å². The predicted octanol–water partition coefficient (Wildman–Crippen LogP) is 1.91. The van der Waals surface area contributed by atoms with Crippen molar-refractivity contribution in [3.8, 4) is 0 Å². The fourth-order valence-electron chi connectivity index (χ4n) is 0.565. The molecule has 6 heavy (non-hydrogen) atoms. The first-order valence-electron chi connectivity index (χ1n) is 2.35. The van der Waals surface area contributed by atoms with Crippen LogP contribution in [0.15, 0.2) is 0 Å². The Labute approximate surface area is 42.6 Å². The molecule has 0 radical (unpaired) electrons. The molecule has 1 saturated heterocycles. The van der Waals surface area contributed by atoms with E-state index >= 15 is 0 Å². The molecule has 0 aliphatic carbocycles. The Kier molecular flexibility index (Phi) is 1.87. The van der Waals surface area contributed by atoms with E-state index in [9.17, 15) is 0 Å². The van der Waals surface area contributed by atoms with E-state index in [1.165, 1.54) is 28.9 Å². The van der Waals surface area contributed by atoms with Gasteiger partial charge >= 0.3 is 0 Å². The summed E-state index contributed by atoms with van der Waals surface area (Å²) in [5, 5.41) is 0. The van der Waals surface area contributed by atoms with Gasteiger partial charge in [-0.15, -0.1) is 0 Å². The molecule has 0 N–H and O–H groups in total. The number of hydrogen-bond donors (Lipinski definition) is 0. The van der Waals surface area contributed by atoms with Crippen LogP contribution in [-0.4, -0.2) is 12.3 Å². The largest absolute Gasteiger partial charge is 0.0990 e. The molecule has 0 aromatic carbocycles. The topological polar surface area (TPSA) is 0 Å². The average Bonchev–Trinajstić information content (AvgIpc) is 1.86. The molecule has 2 heteroatoms. The lowest BCUT2D eigenvalue weighted by Gasteiger charge is -1.90. The van der Waals surface area contributed by atoms with Crippen molar-refractivity contribution in [3.63, 3.8) is 0 Å². The predicted molar refractivity (Wildman–Crippen MR) is 35.5 cm³/mol. The van der Waals surface area contributed by atoms with Gasteiger partial charge in [0.2, 0.25) is 0 Å². The molecule has 0 bridgehead atoms. The summed E-state index contributed by atoms with van der Waals surface area (Å²) in [6, 6.07) is 0. The molecule has 0 nitrogen and oxygen atoms in total. The molecule has 36 valence electrons. The fourth-order valence-corrected chi connectivity index (χ4v) is 5.08. The highest BCUT2D eigenvalue weighted by Gasteiger charge is 2.06. The lowest BCUT2D eigenvalue weighted by atomic mass is 10.3. The molecule has 1 aliphatic heterocycles. The highest BCUT2D eigenvalue weighted by Crippen LogP contribution is 2.46. The van der Waals surface area contributed by atoms with Gasteiger partial charge in [0.25, 0.3) is 0 Å². The third-order valence-electron chi connectivity index (χ3n) is 1.03. The summed E-state index contributed by atoms with van der Waals surface area (Å²) < 4.78 is 0. The van der Waals surface area contributed by atoms with Crippen molar-refractivity contribution in [1.29, 1.82) is 0 Å². The van der Waals surface area contributed by atoms with Gasteiger partial charge in [0, 0.05) is 0 Å². The summed E-state index contributed by atoms with van der Waals surface area (Å²) in [7, 11) is 2.63. The zero-order chi connectivity index (χ0) is 4.41. The zero-order valence-corrected chi connectivity index (χ0v) is 5.99. The maximum absolute atomic E-state index is 2.35. The summed E-state index contributed by atoms with van der Waals surface area (Å²) >= 11 is 0. The van der Waals surface area contributed by atoms with Gasteiger partial charge in [0.15, 0.2) is 0 Å². The van der Waals surface area contributed by atoms with Crippen LogP contribution >= 0.6 is 16.5 Å². The second kappa shape index (κ2) is 2.24. The second-order valence-corrected chi connectivity index (χ2v) is 5.51. The molecular weight excluding hydrogens is 110 g/mol. The van der Waals surface area contributed by atoms with Crippen molar-refractivity contribution in [2.75, 3.05) is 12.3 Å². The quantitative estimate of drug-likeness (QED) is 0.428. The Morgan fingerprint density at radius 3 is 2.00 bits per heavy atom. The highest BCUT2D eigenvalue weighted by molar-refractivity contribution is 8.12. The molecular formula is C4H10P2. The van der Waals surface area contributed by atoms with Crippen LogP contribution in [0, 0.1) is 5.92 Å². The summed E-state index contributed by atoms with van der Waals surface area (Å²) in [6.45, 7) is 2.35. The second-order valence-electron chi connectivity index (χ2n) is 1.87. The summed E-state index contributed by atoms with van der Waals surface area (Å²) in [5.74, 6) is 1.07. The molecule has 0 spiro atoms. The molecule has 1 fully saturated rings. The summed E-state index contributed by atoms with van der Waals surface area (Å²) in [5.41, 5.74) is 0. The highest BCUT2D eigenvalue weighted by atomic mass is 32.0. The minimum absolute atomic E-state index is 1.07. The molecule has 2 unspecified atom stereocenters. The molecule has 0 amide bonds. The van der Waals surface area contributed by atoms with Crippen molar-refractivity contribution < 1.29 is 0 Å². The molecule has 0 aromatic heterocycles. The number of rotatable bonds is 0. The van der Waals surface area contributed by atoms with Crippen LogP contribution < -0.4 is 0 Å². The fraction of sp³-hybridized carbons (Fsp3) is 1.00. The third-order valence-corrected chi connectivity index (χ3v) is 5.05. The van der Waals surface area contributed by atoms with Crippen LogP contribution in [-0.2, 0) is 0 Å². The first kappa shape index (κ1) is 5.01. The van der Waals surface area contributed by atoms with Gasteiger partial charge in [0.1, 0.15) is 0 Å². The van der Waals surface area contributed by atoms with Crippen molar-refractivity contribution in [2.24, 2.45) is 5.92 Å². The van der Waals surface area contributed by atoms with E-state index < -0.39 is 0 Å². The van der Waals surface area contributed by atoms with Gasteiger partial charge in [-0.3, -0.25) is 0 Å². The van der Waals surface area contributed by atoms with Crippen LogP contribution in [0.5, 0.6) is 0 Å². The van der Waals surface area contributed by atoms with E-state index in [2.05, 4.69) is 6.92 Å². The van der Waals surface area contributed by atoms with Crippen molar-refractivity contribution in [3.05, 3.63) is 0 Å². The zero-order valence-electron chi connectivity index (χ0n) is 3.99. The maximum Gasteiger partial charge on any atom is -0.0288 e. The Bertz CT molecular complexity index is 38.8. The molecule has 1 aliphatic rings. The minimum Gasteiger partial charge on any atom is -0.0990 e. The molecule has 2 atom stereocenters. The smallest absolute Gasteiger partial charge is 0.0288 e. The monoisotopic (exact) mass is 120 g/mol. The molecule has 1 heterocycles. The lowest BCUT2D eigenvalue weighted by Crippen LogP contribution is -1.89. The SMILES string of the molecule is CC1CPPC1. The first-order valence-corrected chi connectivity index (χ1v) is 5.77. The van der Waals surface area contributed by atoms with Gasteiger partial charge in [-0.2, -0.15) is 0 Å². The maximum atomic E-state index is 2.35. The summed E-state index contributed by atoms with van der Waals surface area (Å²) in [6.07, 6.45) is 3.05. The van der Waals surface area contributed by atoms with E-state index in [1.807, 2.05) is 0 Å². The van der Waals surface area contributed by atoms with Gasteiger partial charge < -0.3 is 0 Å². The van der Waals surface area contributed by atoms with Crippen LogP contribution in [0.1, 0.15) is 6.92 Å². The van der Waals surface area contributed by atoms with Crippen LogP contribution in [0.4, 0.5) is 0 Å². The third kappa shape index (κ3) is 1.17. The molecule has 0 saturated carbocycles.